The van der Waals surface area contributed by atoms with Crippen molar-refractivity contribution in [3.63, 3.8) is 0 Å². The number of aliphatic carboxylic acids is 1. The third-order valence-corrected chi connectivity index (χ3v) is 5.12. The Hall–Kier alpha value is -0.960. The van der Waals surface area contributed by atoms with E-state index in [1.807, 2.05) is 25.1 Å². The molecule has 7 heteroatoms. The van der Waals surface area contributed by atoms with Gasteiger partial charge in [0.1, 0.15) is 6.04 Å². The number of carbonyl (C=O) groups is 2. The van der Waals surface area contributed by atoms with Gasteiger partial charge >= 0.3 is 12.0 Å². The predicted octanol–water partition coefficient (Wildman–Crippen LogP) is 2.59. The van der Waals surface area contributed by atoms with Crippen LogP contribution in [0.1, 0.15) is 5.56 Å². The van der Waals surface area contributed by atoms with Gasteiger partial charge in [-0.25, -0.2) is 9.59 Å². The molecule has 1 heterocycles. The van der Waals surface area contributed by atoms with Gasteiger partial charge in [-0.3, -0.25) is 0 Å². The highest BCUT2D eigenvalue weighted by molar-refractivity contribution is 14.1. The van der Waals surface area contributed by atoms with Crippen molar-refractivity contribution >= 4 is 52.0 Å². The van der Waals surface area contributed by atoms with Crippen molar-refractivity contribution in [1.29, 1.82) is 0 Å². The van der Waals surface area contributed by atoms with E-state index in [1.54, 1.807) is 0 Å². The van der Waals surface area contributed by atoms with Crippen molar-refractivity contribution in [1.82, 2.24) is 4.90 Å². The number of nitrogens with zero attached hydrogens (tertiary/aromatic N) is 1. The molecule has 0 saturated carbocycles. The molecule has 0 spiro atoms. The number of rotatable bonds is 2. The maximum absolute atomic E-state index is 12.1. The lowest BCUT2D eigenvalue weighted by Gasteiger charge is -2.21. The van der Waals surface area contributed by atoms with Crippen molar-refractivity contribution in [2.24, 2.45) is 0 Å². The van der Waals surface area contributed by atoms with Crippen molar-refractivity contribution in [3.8, 4) is 0 Å². The lowest BCUT2D eigenvalue weighted by atomic mass is 10.2. The standard InChI is InChI=1S/C12H13IN2O3S/c1-7-8(13)3-2-4-9(7)14-12(18)15-6-19-5-10(15)11(16)17/h2-4,10H,5-6H2,1H3,(H,14,18)(H,16,17)/t10-/m0/s1. The highest BCUT2D eigenvalue weighted by Gasteiger charge is 2.34. The molecule has 0 aromatic heterocycles. The van der Waals surface area contributed by atoms with Gasteiger partial charge in [0.2, 0.25) is 0 Å². The fourth-order valence-corrected chi connectivity index (χ4v) is 3.42. The first-order valence-electron chi connectivity index (χ1n) is 5.64. The van der Waals surface area contributed by atoms with Crippen LogP contribution in [0.3, 0.4) is 0 Å². The normalized spacial score (nSPS) is 18.4. The maximum Gasteiger partial charge on any atom is 0.327 e. The second kappa shape index (κ2) is 6.00. The second-order valence-electron chi connectivity index (χ2n) is 4.17. The van der Waals surface area contributed by atoms with Gasteiger partial charge in [-0.1, -0.05) is 6.07 Å². The molecule has 1 aromatic rings. The van der Waals surface area contributed by atoms with E-state index in [0.29, 0.717) is 11.6 Å². The minimum Gasteiger partial charge on any atom is -0.480 e. The minimum absolute atomic E-state index is 0.359. The molecule has 0 unspecified atom stereocenters. The van der Waals surface area contributed by atoms with Crippen LogP contribution in [-0.2, 0) is 4.79 Å². The third-order valence-electron chi connectivity index (χ3n) is 2.94. The van der Waals surface area contributed by atoms with E-state index >= 15 is 0 Å². The Morgan fingerprint density at radius 3 is 2.95 bits per heavy atom. The summed E-state index contributed by atoms with van der Waals surface area (Å²) in [6.07, 6.45) is 0. The van der Waals surface area contributed by atoms with E-state index in [0.717, 1.165) is 14.8 Å². The largest absolute Gasteiger partial charge is 0.480 e. The molecular weight excluding hydrogens is 379 g/mol. The smallest absolute Gasteiger partial charge is 0.327 e. The number of carboxylic acids is 1. The summed E-state index contributed by atoms with van der Waals surface area (Å²) in [6.45, 7) is 1.92. The summed E-state index contributed by atoms with van der Waals surface area (Å²) < 4.78 is 1.06. The van der Waals surface area contributed by atoms with Gasteiger partial charge in [0.05, 0.1) is 5.88 Å². The van der Waals surface area contributed by atoms with Gasteiger partial charge in [0, 0.05) is 15.0 Å². The number of amides is 2. The molecule has 1 fully saturated rings. The number of carbonyl (C=O) groups excluding carboxylic acids is 1. The summed E-state index contributed by atoms with van der Waals surface area (Å²) in [7, 11) is 0. The monoisotopic (exact) mass is 392 g/mol. The van der Waals surface area contributed by atoms with Gasteiger partial charge < -0.3 is 15.3 Å². The Balaban J connectivity index is 2.13. The third kappa shape index (κ3) is 3.14. The number of anilines is 1. The number of carboxylic acid groups (broad SMARTS) is 1. The fourth-order valence-electron chi connectivity index (χ4n) is 1.78. The first-order chi connectivity index (χ1) is 9.00. The summed E-state index contributed by atoms with van der Waals surface area (Å²) in [5.74, 6) is -0.112. The van der Waals surface area contributed by atoms with Gasteiger partial charge in [-0.2, -0.15) is 0 Å². The molecule has 0 aliphatic carbocycles. The van der Waals surface area contributed by atoms with E-state index < -0.39 is 12.0 Å². The molecule has 0 radical (unpaired) electrons. The summed E-state index contributed by atoms with van der Waals surface area (Å²) in [5, 5.41) is 11.8. The number of urea groups is 1. The quantitative estimate of drug-likeness (QED) is 0.760. The highest BCUT2D eigenvalue weighted by atomic mass is 127. The van der Waals surface area contributed by atoms with Crippen LogP contribution in [0.25, 0.3) is 0 Å². The first-order valence-corrected chi connectivity index (χ1v) is 7.87. The van der Waals surface area contributed by atoms with E-state index in [1.165, 1.54) is 16.7 Å². The van der Waals surface area contributed by atoms with Crippen LogP contribution in [-0.4, -0.2) is 39.7 Å². The van der Waals surface area contributed by atoms with Crippen LogP contribution in [0, 0.1) is 10.5 Å². The number of benzene rings is 1. The van der Waals surface area contributed by atoms with E-state index in [2.05, 4.69) is 27.9 Å². The molecule has 0 bridgehead atoms. The van der Waals surface area contributed by atoms with Crippen molar-refractivity contribution in [2.75, 3.05) is 16.9 Å². The molecule has 102 valence electrons. The zero-order valence-corrected chi connectivity index (χ0v) is 13.2. The molecule has 1 saturated heterocycles. The highest BCUT2D eigenvalue weighted by Crippen LogP contribution is 2.24. The number of thioether (sulfide) groups is 1. The topological polar surface area (TPSA) is 69.6 Å². The average molecular weight is 392 g/mol. The molecule has 2 rings (SSSR count). The maximum atomic E-state index is 12.1. The molecule has 1 aromatic carbocycles. The number of halogens is 1. The number of nitrogens with one attached hydrogen (secondary N) is 1. The van der Waals surface area contributed by atoms with Crippen LogP contribution in [0.15, 0.2) is 18.2 Å². The van der Waals surface area contributed by atoms with Crippen LogP contribution < -0.4 is 5.32 Å². The number of hydrogen-bond donors (Lipinski definition) is 2. The summed E-state index contributed by atoms with van der Waals surface area (Å²) >= 11 is 3.64. The van der Waals surface area contributed by atoms with Crippen molar-refractivity contribution in [3.05, 3.63) is 27.3 Å². The van der Waals surface area contributed by atoms with Gasteiger partial charge in [-0.15, -0.1) is 11.8 Å². The molecule has 2 N–H and O–H groups in total. The van der Waals surface area contributed by atoms with E-state index in [4.69, 9.17) is 5.11 Å². The van der Waals surface area contributed by atoms with Crippen LogP contribution in [0.2, 0.25) is 0 Å². The zero-order valence-electron chi connectivity index (χ0n) is 10.2. The Bertz CT molecular complexity index is 524. The molecule has 5 nitrogen and oxygen atoms in total. The predicted molar refractivity (Wildman–Crippen MR) is 83.5 cm³/mol. The van der Waals surface area contributed by atoms with Gasteiger partial charge in [0.15, 0.2) is 0 Å². The summed E-state index contributed by atoms with van der Waals surface area (Å²) in [4.78, 5) is 24.5. The van der Waals surface area contributed by atoms with Crippen LogP contribution in [0.4, 0.5) is 10.5 Å². The number of hydrogen-bond acceptors (Lipinski definition) is 3. The Kier molecular flexibility index (Phi) is 4.56. The Morgan fingerprint density at radius 2 is 2.26 bits per heavy atom. The molecule has 1 aliphatic rings. The summed E-state index contributed by atoms with van der Waals surface area (Å²) in [5.41, 5.74) is 1.70. The van der Waals surface area contributed by atoms with Crippen molar-refractivity contribution < 1.29 is 14.7 Å². The Labute approximate surface area is 128 Å². The summed E-state index contributed by atoms with van der Waals surface area (Å²) in [6, 6.07) is 4.53. The van der Waals surface area contributed by atoms with E-state index in [-0.39, 0.29) is 6.03 Å². The van der Waals surface area contributed by atoms with E-state index in [9.17, 15) is 9.59 Å². The van der Waals surface area contributed by atoms with Crippen LogP contribution >= 0.6 is 34.4 Å². The molecule has 1 atom stereocenters. The SMILES string of the molecule is Cc1c(I)cccc1NC(=O)N1CSC[C@H]1C(=O)O. The lowest BCUT2D eigenvalue weighted by Crippen LogP contribution is -2.44. The molecule has 2 amide bonds. The fraction of sp³-hybridized carbons (Fsp3) is 0.333. The lowest BCUT2D eigenvalue weighted by molar-refractivity contribution is -0.140. The molecular formula is C12H13IN2O3S. The second-order valence-corrected chi connectivity index (χ2v) is 6.33. The van der Waals surface area contributed by atoms with Crippen LogP contribution in [0.5, 0.6) is 0 Å². The average Bonchev–Trinajstić information content (AvgIpc) is 2.84. The molecule has 19 heavy (non-hydrogen) atoms. The Morgan fingerprint density at radius 1 is 1.53 bits per heavy atom. The van der Waals surface area contributed by atoms with Gasteiger partial charge in [-0.05, 0) is 47.2 Å². The first kappa shape index (κ1) is 14.4. The minimum atomic E-state index is -0.959. The van der Waals surface area contributed by atoms with Crippen molar-refractivity contribution in [2.45, 2.75) is 13.0 Å². The zero-order chi connectivity index (χ0) is 14.0. The van der Waals surface area contributed by atoms with Gasteiger partial charge in [0.25, 0.3) is 0 Å². The molecule has 1 aliphatic heterocycles.